The number of fused-ring (bicyclic) bond motifs is 1. The fraction of sp³-hybridized carbons (Fsp3) is 0.280. The van der Waals surface area contributed by atoms with Gasteiger partial charge in [0.1, 0.15) is 5.82 Å². The Bertz CT molecular complexity index is 1150. The van der Waals surface area contributed by atoms with Crippen molar-refractivity contribution < 1.29 is 4.39 Å². The molecular formula is C25H27FN4. The van der Waals surface area contributed by atoms with Gasteiger partial charge in [-0.05, 0) is 43.4 Å². The predicted molar refractivity (Wildman–Crippen MR) is 120 cm³/mol. The number of hydrogen-bond acceptors (Lipinski definition) is 3. The van der Waals surface area contributed by atoms with Crippen molar-refractivity contribution in [1.82, 2.24) is 14.4 Å². The number of nitrogens with zero attached hydrogens (tertiary/aromatic N) is 3. The van der Waals surface area contributed by atoms with Crippen LogP contribution in [0.3, 0.4) is 0 Å². The zero-order valence-corrected chi connectivity index (χ0v) is 17.7. The maximum absolute atomic E-state index is 13.8. The molecule has 1 N–H and O–H groups in total. The normalized spacial score (nSPS) is 12.3. The molecule has 0 aliphatic heterocycles. The number of nitrogens with one attached hydrogen (secondary N) is 1. The molecule has 5 heteroatoms. The van der Waals surface area contributed by atoms with Crippen LogP contribution in [-0.2, 0) is 6.42 Å². The molecule has 0 aliphatic carbocycles. The summed E-state index contributed by atoms with van der Waals surface area (Å²) < 4.78 is 15.9. The van der Waals surface area contributed by atoms with Gasteiger partial charge in [-0.15, -0.1) is 0 Å². The molecule has 0 saturated carbocycles. The number of aromatic nitrogens is 3. The largest absolute Gasteiger partial charge is 0.382 e. The molecule has 30 heavy (non-hydrogen) atoms. The lowest BCUT2D eigenvalue weighted by Gasteiger charge is -2.14. The molecule has 0 radical (unpaired) electrons. The van der Waals surface area contributed by atoms with Crippen molar-refractivity contribution in [3.05, 3.63) is 83.8 Å². The minimum absolute atomic E-state index is 0.339. The summed E-state index contributed by atoms with van der Waals surface area (Å²) >= 11 is 0. The lowest BCUT2D eigenvalue weighted by atomic mass is 10.1. The summed E-state index contributed by atoms with van der Waals surface area (Å²) in [5, 5.41) is 3.55. The summed E-state index contributed by atoms with van der Waals surface area (Å²) in [5.41, 5.74) is 7.20. The number of anilines is 1. The van der Waals surface area contributed by atoms with Gasteiger partial charge in [-0.25, -0.2) is 9.37 Å². The van der Waals surface area contributed by atoms with Crippen molar-refractivity contribution in [1.29, 1.82) is 0 Å². The highest BCUT2D eigenvalue weighted by molar-refractivity contribution is 5.76. The third-order valence-corrected chi connectivity index (χ3v) is 5.64. The summed E-state index contributed by atoms with van der Waals surface area (Å²) in [6, 6.07) is 12.2. The van der Waals surface area contributed by atoms with Gasteiger partial charge in [0, 0.05) is 42.0 Å². The number of imidazole rings is 1. The molecular weight excluding hydrogens is 375 g/mol. The van der Waals surface area contributed by atoms with Crippen LogP contribution in [0.15, 0.2) is 61.2 Å². The first kappa shape index (κ1) is 20.1. The van der Waals surface area contributed by atoms with Crippen LogP contribution in [0.25, 0.3) is 16.8 Å². The lowest BCUT2D eigenvalue weighted by molar-refractivity contribution is 0.622. The Balaban J connectivity index is 1.69. The maximum Gasteiger partial charge on any atom is 0.160 e. The summed E-state index contributed by atoms with van der Waals surface area (Å²) in [6.07, 6.45) is 8.84. The third kappa shape index (κ3) is 4.20. The molecule has 0 amide bonds. The lowest BCUT2D eigenvalue weighted by Crippen LogP contribution is -2.07. The molecule has 3 heterocycles. The second kappa shape index (κ2) is 8.66. The topological polar surface area (TPSA) is 42.2 Å². The SMILES string of the molecule is CCC(C)c1cnc2c(NCCc3ccc(C)cc3)cc(-c3cncc(F)c3)cn12. The van der Waals surface area contributed by atoms with Crippen LogP contribution in [0.2, 0.25) is 0 Å². The summed E-state index contributed by atoms with van der Waals surface area (Å²) in [7, 11) is 0. The van der Waals surface area contributed by atoms with Crippen LogP contribution >= 0.6 is 0 Å². The zero-order chi connectivity index (χ0) is 21.1. The zero-order valence-electron chi connectivity index (χ0n) is 17.7. The molecule has 0 fully saturated rings. The molecule has 0 bridgehead atoms. The number of aryl methyl sites for hydroxylation is 1. The van der Waals surface area contributed by atoms with E-state index in [0.717, 1.165) is 47.5 Å². The smallest absolute Gasteiger partial charge is 0.160 e. The van der Waals surface area contributed by atoms with E-state index in [1.54, 1.807) is 6.20 Å². The van der Waals surface area contributed by atoms with Crippen LogP contribution in [0.5, 0.6) is 0 Å². The minimum Gasteiger partial charge on any atom is -0.382 e. The molecule has 4 rings (SSSR count). The number of pyridine rings is 2. The first-order valence-electron chi connectivity index (χ1n) is 10.5. The molecule has 4 nitrogen and oxygen atoms in total. The van der Waals surface area contributed by atoms with Gasteiger partial charge in [0.05, 0.1) is 11.9 Å². The highest BCUT2D eigenvalue weighted by Crippen LogP contribution is 2.29. The number of rotatable bonds is 7. The molecule has 1 atom stereocenters. The van der Waals surface area contributed by atoms with E-state index in [9.17, 15) is 4.39 Å². The fourth-order valence-corrected chi connectivity index (χ4v) is 3.63. The predicted octanol–water partition coefficient (Wildman–Crippen LogP) is 6.01. The summed E-state index contributed by atoms with van der Waals surface area (Å²) in [6.45, 7) is 7.25. The van der Waals surface area contributed by atoms with Crippen LogP contribution in [0.1, 0.15) is 43.0 Å². The Morgan fingerprint density at radius 3 is 2.60 bits per heavy atom. The summed E-state index contributed by atoms with van der Waals surface area (Å²) in [5.74, 6) is 0.0375. The van der Waals surface area contributed by atoms with E-state index >= 15 is 0 Å². The van der Waals surface area contributed by atoms with Gasteiger partial charge >= 0.3 is 0 Å². The molecule has 0 saturated heterocycles. The Labute approximate surface area is 176 Å². The van der Waals surface area contributed by atoms with Gasteiger partial charge < -0.3 is 9.72 Å². The Kier molecular flexibility index (Phi) is 5.79. The number of benzene rings is 1. The fourth-order valence-electron chi connectivity index (χ4n) is 3.63. The van der Waals surface area contributed by atoms with Crippen LogP contribution in [-0.4, -0.2) is 20.9 Å². The summed E-state index contributed by atoms with van der Waals surface area (Å²) in [4.78, 5) is 8.71. The molecule has 0 aliphatic rings. The molecule has 0 spiro atoms. The van der Waals surface area contributed by atoms with Crippen molar-refractivity contribution in [3.8, 4) is 11.1 Å². The second-order valence-corrected chi connectivity index (χ2v) is 7.88. The minimum atomic E-state index is -0.339. The Hall–Kier alpha value is -3.21. The first-order valence-corrected chi connectivity index (χ1v) is 10.5. The van der Waals surface area contributed by atoms with Crippen molar-refractivity contribution >= 4 is 11.3 Å². The maximum atomic E-state index is 13.8. The van der Waals surface area contributed by atoms with Crippen molar-refractivity contribution in [2.75, 3.05) is 11.9 Å². The first-order chi connectivity index (χ1) is 14.5. The van der Waals surface area contributed by atoms with Crippen molar-refractivity contribution in [2.45, 2.75) is 39.5 Å². The quantitative estimate of drug-likeness (QED) is 0.411. The monoisotopic (exact) mass is 402 g/mol. The second-order valence-electron chi connectivity index (χ2n) is 7.88. The Morgan fingerprint density at radius 1 is 1.07 bits per heavy atom. The van der Waals surface area contributed by atoms with Gasteiger partial charge in [-0.3, -0.25) is 4.98 Å². The molecule has 1 aromatic carbocycles. The highest BCUT2D eigenvalue weighted by atomic mass is 19.1. The van der Waals surface area contributed by atoms with Gasteiger partial charge in [0.25, 0.3) is 0 Å². The number of halogens is 1. The molecule has 1 unspecified atom stereocenters. The van der Waals surface area contributed by atoms with Gasteiger partial charge in [0.2, 0.25) is 0 Å². The van der Waals surface area contributed by atoms with Crippen molar-refractivity contribution in [2.24, 2.45) is 0 Å². The van der Waals surface area contributed by atoms with Crippen LogP contribution < -0.4 is 5.32 Å². The van der Waals surface area contributed by atoms with E-state index in [2.05, 4.69) is 64.7 Å². The van der Waals surface area contributed by atoms with Gasteiger partial charge in [0.15, 0.2) is 5.65 Å². The van der Waals surface area contributed by atoms with Gasteiger partial charge in [-0.1, -0.05) is 43.7 Å². The van der Waals surface area contributed by atoms with Crippen LogP contribution in [0.4, 0.5) is 10.1 Å². The van der Waals surface area contributed by atoms with E-state index in [-0.39, 0.29) is 5.82 Å². The Morgan fingerprint density at radius 2 is 1.87 bits per heavy atom. The average Bonchev–Trinajstić information content (AvgIpc) is 3.19. The van der Waals surface area contributed by atoms with E-state index < -0.39 is 0 Å². The highest BCUT2D eigenvalue weighted by Gasteiger charge is 2.15. The third-order valence-electron chi connectivity index (χ3n) is 5.64. The van der Waals surface area contributed by atoms with Crippen LogP contribution in [0, 0.1) is 12.7 Å². The van der Waals surface area contributed by atoms with E-state index in [0.29, 0.717) is 5.92 Å². The van der Waals surface area contributed by atoms with Gasteiger partial charge in [-0.2, -0.15) is 0 Å². The molecule has 154 valence electrons. The molecule has 3 aromatic heterocycles. The van der Waals surface area contributed by atoms with Crippen molar-refractivity contribution in [3.63, 3.8) is 0 Å². The van der Waals surface area contributed by atoms with E-state index in [4.69, 9.17) is 0 Å². The number of hydrogen-bond donors (Lipinski definition) is 1. The molecule has 4 aromatic rings. The van der Waals surface area contributed by atoms with E-state index in [1.165, 1.54) is 23.4 Å². The standard InChI is InChI=1S/C25H27FN4/c1-4-18(3)24-15-29-25-23(28-10-9-19-7-5-17(2)6-8-19)12-21(16-30(24)25)20-11-22(26)14-27-13-20/h5-8,11-16,18,28H,4,9-10H2,1-3H3. The average molecular weight is 403 g/mol. The van der Waals surface area contributed by atoms with E-state index in [1.807, 2.05) is 18.5 Å².